The van der Waals surface area contributed by atoms with Crippen LogP contribution in [-0.4, -0.2) is 46.5 Å². The van der Waals surface area contributed by atoms with Crippen molar-refractivity contribution < 1.29 is 9.18 Å². The van der Waals surface area contributed by atoms with E-state index in [4.69, 9.17) is 0 Å². The minimum atomic E-state index is -0.457. The van der Waals surface area contributed by atoms with Crippen LogP contribution < -0.4 is 4.90 Å². The topological polar surface area (TPSA) is 49.3 Å². The number of amides is 1. The van der Waals surface area contributed by atoms with Crippen LogP contribution >= 0.6 is 0 Å². The van der Waals surface area contributed by atoms with Crippen LogP contribution in [-0.2, 0) is 5.41 Å². The fraction of sp³-hybridized carbons (Fsp3) is 0.421. The highest BCUT2D eigenvalue weighted by Crippen LogP contribution is 2.45. The first-order valence-corrected chi connectivity index (χ1v) is 8.55. The van der Waals surface area contributed by atoms with Gasteiger partial charge in [-0.25, -0.2) is 9.37 Å². The molecule has 6 heteroatoms. The SMILES string of the molecule is Cc1cccc(F)c1C(=O)N1CC2(C1)CN(C(C)C)c1nccnc12. The fourth-order valence-electron chi connectivity index (χ4n) is 3.96. The van der Waals surface area contributed by atoms with Gasteiger partial charge in [-0.1, -0.05) is 12.1 Å². The summed E-state index contributed by atoms with van der Waals surface area (Å²) >= 11 is 0. The lowest BCUT2D eigenvalue weighted by molar-refractivity contribution is 0.0410. The molecule has 2 aromatic rings. The molecule has 1 aromatic heterocycles. The summed E-state index contributed by atoms with van der Waals surface area (Å²) in [6.45, 7) is 7.92. The Balaban J connectivity index is 1.61. The summed E-state index contributed by atoms with van der Waals surface area (Å²) in [4.78, 5) is 25.8. The quantitative estimate of drug-likeness (QED) is 0.843. The molecule has 1 fully saturated rings. The molecule has 0 atom stereocenters. The number of likely N-dealkylation sites (tertiary alicyclic amines) is 1. The third-order valence-corrected chi connectivity index (χ3v) is 5.26. The Hall–Kier alpha value is -2.50. The lowest BCUT2D eigenvalue weighted by Gasteiger charge is -2.48. The first-order chi connectivity index (χ1) is 11.9. The van der Waals surface area contributed by atoms with Crippen LogP contribution in [0.1, 0.15) is 35.5 Å². The van der Waals surface area contributed by atoms with Gasteiger partial charge in [0.2, 0.25) is 0 Å². The summed E-state index contributed by atoms with van der Waals surface area (Å²) in [5, 5.41) is 0. The van der Waals surface area contributed by atoms with Crippen molar-refractivity contribution in [2.24, 2.45) is 0 Å². The minimum absolute atomic E-state index is 0.176. The van der Waals surface area contributed by atoms with E-state index in [1.807, 2.05) is 0 Å². The summed E-state index contributed by atoms with van der Waals surface area (Å²) in [7, 11) is 0. The molecule has 2 aliphatic rings. The largest absolute Gasteiger partial charge is 0.352 e. The molecule has 4 rings (SSSR count). The van der Waals surface area contributed by atoms with Gasteiger partial charge in [-0.2, -0.15) is 0 Å². The maximum Gasteiger partial charge on any atom is 0.257 e. The van der Waals surface area contributed by atoms with Crippen molar-refractivity contribution in [1.29, 1.82) is 0 Å². The molecule has 1 amide bonds. The predicted octanol–water partition coefficient (Wildman–Crippen LogP) is 2.55. The Kier molecular flexibility index (Phi) is 3.52. The van der Waals surface area contributed by atoms with Crippen LogP contribution in [0.4, 0.5) is 10.2 Å². The summed E-state index contributed by atoms with van der Waals surface area (Å²) in [6, 6.07) is 5.05. The maximum absolute atomic E-state index is 14.1. The number of fused-ring (bicyclic) bond motifs is 2. The molecule has 25 heavy (non-hydrogen) atoms. The second-order valence-electron chi connectivity index (χ2n) is 7.32. The van der Waals surface area contributed by atoms with Gasteiger partial charge in [0.25, 0.3) is 5.91 Å². The summed E-state index contributed by atoms with van der Waals surface area (Å²) in [6.07, 6.45) is 3.41. The number of rotatable bonds is 2. The van der Waals surface area contributed by atoms with E-state index in [1.54, 1.807) is 36.4 Å². The van der Waals surface area contributed by atoms with Crippen molar-refractivity contribution in [3.05, 3.63) is 53.2 Å². The Bertz CT molecular complexity index is 825. The van der Waals surface area contributed by atoms with E-state index < -0.39 is 5.82 Å². The van der Waals surface area contributed by atoms with Crippen molar-refractivity contribution in [2.75, 3.05) is 24.5 Å². The molecule has 130 valence electrons. The molecule has 5 nitrogen and oxygen atoms in total. The summed E-state index contributed by atoms with van der Waals surface area (Å²) in [5.41, 5.74) is 1.61. The molecule has 3 heterocycles. The third-order valence-electron chi connectivity index (χ3n) is 5.26. The normalized spacial score (nSPS) is 17.8. The van der Waals surface area contributed by atoms with Gasteiger partial charge < -0.3 is 9.80 Å². The Morgan fingerprint density at radius 1 is 1.20 bits per heavy atom. The highest BCUT2D eigenvalue weighted by molar-refractivity contribution is 5.96. The van der Waals surface area contributed by atoms with Crippen LogP contribution in [0, 0.1) is 12.7 Å². The smallest absolute Gasteiger partial charge is 0.257 e. The molecule has 0 saturated carbocycles. The second-order valence-corrected chi connectivity index (χ2v) is 7.32. The number of anilines is 1. The lowest BCUT2D eigenvalue weighted by atomic mass is 9.77. The number of hydrogen-bond donors (Lipinski definition) is 0. The molecular weight excluding hydrogens is 319 g/mol. The molecule has 1 saturated heterocycles. The summed E-state index contributed by atoms with van der Waals surface area (Å²) in [5.74, 6) is 0.211. The molecule has 2 aliphatic heterocycles. The summed E-state index contributed by atoms with van der Waals surface area (Å²) < 4.78 is 14.1. The van der Waals surface area contributed by atoms with Gasteiger partial charge in [0, 0.05) is 38.1 Å². The molecular formula is C19H21FN4O. The van der Waals surface area contributed by atoms with Crippen molar-refractivity contribution in [1.82, 2.24) is 14.9 Å². The van der Waals surface area contributed by atoms with E-state index in [2.05, 4.69) is 28.7 Å². The zero-order valence-electron chi connectivity index (χ0n) is 14.7. The van der Waals surface area contributed by atoms with E-state index in [1.165, 1.54) is 6.07 Å². The first-order valence-electron chi connectivity index (χ1n) is 8.55. The van der Waals surface area contributed by atoms with Crippen molar-refractivity contribution in [3.63, 3.8) is 0 Å². The van der Waals surface area contributed by atoms with Gasteiger partial charge in [-0.15, -0.1) is 0 Å². The van der Waals surface area contributed by atoms with Crippen LogP contribution in [0.15, 0.2) is 30.6 Å². The highest BCUT2D eigenvalue weighted by Gasteiger charge is 2.55. The van der Waals surface area contributed by atoms with Crippen molar-refractivity contribution in [2.45, 2.75) is 32.2 Å². The molecule has 1 spiro atoms. The first kappa shape index (κ1) is 16.0. The van der Waals surface area contributed by atoms with Gasteiger partial charge in [0.05, 0.1) is 16.7 Å². The van der Waals surface area contributed by atoms with E-state index >= 15 is 0 Å². The van der Waals surface area contributed by atoms with Crippen LogP contribution in [0.2, 0.25) is 0 Å². The lowest BCUT2D eigenvalue weighted by Crippen LogP contribution is -2.63. The van der Waals surface area contributed by atoms with Crippen molar-refractivity contribution in [3.8, 4) is 0 Å². The minimum Gasteiger partial charge on any atom is -0.352 e. The van der Waals surface area contributed by atoms with Crippen LogP contribution in [0.5, 0.6) is 0 Å². The maximum atomic E-state index is 14.1. The number of halogens is 1. The molecule has 0 unspecified atom stereocenters. The van der Waals surface area contributed by atoms with Gasteiger partial charge in [0.1, 0.15) is 5.82 Å². The number of hydrogen-bond acceptors (Lipinski definition) is 4. The predicted molar refractivity (Wildman–Crippen MR) is 93.2 cm³/mol. The molecule has 0 aliphatic carbocycles. The number of carbonyl (C=O) groups excluding carboxylic acids is 1. The van der Waals surface area contributed by atoms with Crippen molar-refractivity contribution >= 4 is 11.7 Å². The van der Waals surface area contributed by atoms with E-state index in [0.717, 1.165) is 18.1 Å². The van der Waals surface area contributed by atoms with E-state index in [9.17, 15) is 9.18 Å². The Morgan fingerprint density at radius 3 is 2.60 bits per heavy atom. The zero-order valence-corrected chi connectivity index (χ0v) is 14.7. The Morgan fingerprint density at radius 2 is 1.92 bits per heavy atom. The second kappa shape index (κ2) is 5.51. The molecule has 0 N–H and O–H groups in total. The van der Waals surface area contributed by atoms with E-state index in [-0.39, 0.29) is 16.9 Å². The molecule has 0 bridgehead atoms. The highest BCUT2D eigenvalue weighted by atomic mass is 19.1. The number of benzene rings is 1. The number of aryl methyl sites for hydroxylation is 1. The Labute approximate surface area is 146 Å². The van der Waals surface area contributed by atoms with Gasteiger partial charge in [-0.05, 0) is 32.4 Å². The third kappa shape index (κ3) is 2.31. The van der Waals surface area contributed by atoms with Gasteiger partial charge in [0.15, 0.2) is 5.82 Å². The fourth-order valence-corrected chi connectivity index (χ4v) is 3.96. The van der Waals surface area contributed by atoms with Gasteiger partial charge in [-0.3, -0.25) is 9.78 Å². The molecule has 1 aromatic carbocycles. The number of nitrogens with zero attached hydrogens (tertiary/aromatic N) is 4. The monoisotopic (exact) mass is 340 g/mol. The van der Waals surface area contributed by atoms with Crippen LogP contribution in [0.25, 0.3) is 0 Å². The number of carbonyl (C=O) groups is 1. The standard InChI is InChI=1S/C19H21FN4O/c1-12(2)24-11-19(16-17(24)22-8-7-21-16)9-23(10-19)18(25)15-13(3)5-4-6-14(15)20/h4-8,12H,9-11H2,1-3H3. The number of aromatic nitrogens is 2. The average molecular weight is 340 g/mol. The van der Waals surface area contributed by atoms with Gasteiger partial charge >= 0.3 is 0 Å². The molecule has 0 radical (unpaired) electrons. The van der Waals surface area contributed by atoms with Crippen LogP contribution in [0.3, 0.4) is 0 Å². The average Bonchev–Trinajstić information content (AvgIpc) is 2.89. The zero-order chi connectivity index (χ0) is 17.8. The van der Waals surface area contributed by atoms with E-state index in [0.29, 0.717) is 24.7 Å².